The van der Waals surface area contributed by atoms with Gasteiger partial charge in [0.1, 0.15) is 5.82 Å². The molecule has 1 heterocycles. The standard InChI is InChI=1S/C17H22FN3OS/c1-4-5-10-21-13(3)12(2)19-17(21)23-11-16(22)20-15-8-6-14(18)7-9-15/h6-9H,4-5,10-11H2,1-3H3,(H,20,22). The Bertz CT molecular complexity index is 667. The van der Waals surface area contributed by atoms with Crippen molar-refractivity contribution in [3.05, 3.63) is 41.5 Å². The van der Waals surface area contributed by atoms with Gasteiger partial charge in [-0.3, -0.25) is 4.79 Å². The minimum absolute atomic E-state index is 0.123. The van der Waals surface area contributed by atoms with Crippen molar-refractivity contribution in [3.63, 3.8) is 0 Å². The van der Waals surface area contributed by atoms with Crippen molar-refractivity contribution in [2.24, 2.45) is 0 Å². The molecule has 1 aromatic carbocycles. The number of unbranched alkanes of at least 4 members (excludes halogenated alkanes) is 1. The Labute approximate surface area is 140 Å². The highest BCUT2D eigenvalue weighted by Crippen LogP contribution is 2.22. The molecule has 6 heteroatoms. The Kier molecular flexibility index (Phi) is 6.21. The van der Waals surface area contributed by atoms with E-state index in [1.165, 1.54) is 23.9 Å². The number of imidazole rings is 1. The van der Waals surface area contributed by atoms with Crippen LogP contribution in [0.25, 0.3) is 0 Å². The predicted molar refractivity (Wildman–Crippen MR) is 92.4 cm³/mol. The fraction of sp³-hybridized carbons (Fsp3) is 0.412. The van der Waals surface area contributed by atoms with E-state index in [1.54, 1.807) is 12.1 Å². The van der Waals surface area contributed by atoms with E-state index in [0.29, 0.717) is 5.69 Å². The van der Waals surface area contributed by atoms with Crippen LogP contribution in [-0.2, 0) is 11.3 Å². The molecule has 2 aromatic rings. The zero-order valence-corrected chi connectivity index (χ0v) is 14.5. The Hall–Kier alpha value is -1.82. The number of carbonyl (C=O) groups excluding carboxylic acids is 1. The van der Waals surface area contributed by atoms with Crippen molar-refractivity contribution in [2.75, 3.05) is 11.1 Å². The molecule has 0 radical (unpaired) electrons. The summed E-state index contributed by atoms with van der Waals surface area (Å²) in [6.45, 7) is 7.12. The van der Waals surface area contributed by atoms with Gasteiger partial charge in [-0.1, -0.05) is 25.1 Å². The largest absolute Gasteiger partial charge is 0.325 e. The van der Waals surface area contributed by atoms with Gasteiger partial charge in [-0.2, -0.15) is 0 Å². The Morgan fingerprint density at radius 3 is 2.65 bits per heavy atom. The predicted octanol–water partition coefficient (Wildman–Crippen LogP) is 4.17. The van der Waals surface area contributed by atoms with Crippen molar-refractivity contribution >= 4 is 23.4 Å². The molecule has 1 amide bonds. The summed E-state index contributed by atoms with van der Waals surface area (Å²) in [5, 5.41) is 3.64. The smallest absolute Gasteiger partial charge is 0.234 e. The molecule has 0 spiro atoms. The third-order valence-corrected chi connectivity index (χ3v) is 4.59. The summed E-state index contributed by atoms with van der Waals surface area (Å²) in [7, 11) is 0. The molecule has 0 bridgehead atoms. The van der Waals surface area contributed by atoms with Crippen LogP contribution >= 0.6 is 11.8 Å². The quantitative estimate of drug-likeness (QED) is 0.773. The number of amides is 1. The van der Waals surface area contributed by atoms with Gasteiger partial charge in [-0.25, -0.2) is 9.37 Å². The van der Waals surface area contributed by atoms with Crippen LogP contribution < -0.4 is 5.32 Å². The van der Waals surface area contributed by atoms with Crippen molar-refractivity contribution in [1.29, 1.82) is 0 Å². The van der Waals surface area contributed by atoms with E-state index in [0.717, 1.165) is 35.9 Å². The molecule has 23 heavy (non-hydrogen) atoms. The second kappa shape index (κ2) is 8.15. The first-order chi connectivity index (χ1) is 11.0. The van der Waals surface area contributed by atoms with Gasteiger partial charge in [-0.15, -0.1) is 0 Å². The second-order valence-electron chi connectivity index (χ2n) is 5.41. The molecule has 1 aromatic heterocycles. The number of aromatic nitrogens is 2. The third kappa shape index (κ3) is 4.82. The number of nitrogens with zero attached hydrogens (tertiary/aromatic N) is 2. The van der Waals surface area contributed by atoms with Crippen LogP contribution in [0.2, 0.25) is 0 Å². The highest BCUT2D eigenvalue weighted by Gasteiger charge is 2.13. The number of thioether (sulfide) groups is 1. The minimum atomic E-state index is -0.318. The van der Waals surface area contributed by atoms with Crippen LogP contribution in [0, 0.1) is 19.7 Å². The number of halogens is 1. The minimum Gasteiger partial charge on any atom is -0.325 e. The molecule has 0 unspecified atom stereocenters. The first-order valence-corrected chi connectivity index (χ1v) is 8.71. The van der Waals surface area contributed by atoms with Crippen molar-refractivity contribution < 1.29 is 9.18 Å². The van der Waals surface area contributed by atoms with Crippen molar-refractivity contribution in [2.45, 2.75) is 45.3 Å². The number of anilines is 1. The highest BCUT2D eigenvalue weighted by molar-refractivity contribution is 7.99. The van der Waals surface area contributed by atoms with Gasteiger partial charge in [0.15, 0.2) is 5.16 Å². The van der Waals surface area contributed by atoms with Gasteiger partial charge in [-0.05, 0) is 44.5 Å². The molecule has 0 saturated carbocycles. The third-order valence-electron chi connectivity index (χ3n) is 3.62. The number of benzene rings is 1. The van der Waals surface area contributed by atoms with Crippen LogP contribution in [0.5, 0.6) is 0 Å². The van der Waals surface area contributed by atoms with Crippen LogP contribution in [0.15, 0.2) is 29.4 Å². The number of rotatable bonds is 7. The maximum absolute atomic E-state index is 12.9. The van der Waals surface area contributed by atoms with Crippen molar-refractivity contribution in [3.8, 4) is 0 Å². The summed E-state index contributed by atoms with van der Waals surface area (Å²) in [5.41, 5.74) is 2.75. The summed E-state index contributed by atoms with van der Waals surface area (Å²) in [6.07, 6.45) is 2.21. The summed E-state index contributed by atoms with van der Waals surface area (Å²) in [5.74, 6) is -0.164. The second-order valence-corrected chi connectivity index (χ2v) is 6.36. The van der Waals surface area contributed by atoms with E-state index in [1.807, 2.05) is 6.92 Å². The molecule has 1 N–H and O–H groups in total. The monoisotopic (exact) mass is 335 g/mol. The fourth-order valence-corrected chi connectivity index (χ4v) is 3.09. The Morgan fingerprint density at radius 2 is 2.00 bits per heavy atom. The summed E-state index contributed by atoms with van der Waals surface area (Å²) >= 11 is 1.43. The molecule has 0 aliphatic heterocycles. The Balaban J connectivity index is 1.95. The first kappa shape index (κ1) is 17.5. The topological polar surface area (TPSA) is 46.9 Å². The number of hydrogen-bond donors (Lipinski definition) is 1. The zero-order chi connectivity index (χ0) is 16.8. The van der Waals surface area contributed by atoms with E-state index in [4.69, 9.17) is 0 Å². The fourth-order valence-electron chi connectivity index (χ4n) is 2.17. The number of carbonyl (C=O) groups is 1. The normalized spacial score (nSPS) is 10.8. The number of aryl methyl sites for hydroxylation is 1. The lowest BCUT2D eigenvalue weighted by molar-refractivity contribution is -0.113. The lowest BCUT2D eigenvalue weighted by atomic mass is 10.3. The van der Waals surface area contributed by atoms with Gasteiger partial charge in [0, 0.05) is 17.9 Å². The molecule has 0 aliphatic carbocycles. The first-order valence-electron chi connectivity index (χ1n) is 7.73. The van der Waals surface area contributed by atoms with E-state index in [9.17, 15) is 9.18 Å². The maximum Gasteiger partial charge on any atom is 0.234 e. The number of hydrogen-bond acceptors (Lipinski definition) is 3. The van der Waals surface area contributed by atoms with E-state index >= 15 is 0 Å². The van der Waals surface area contributed by atoms with E-state index in [-0.39, 0.29) is 17.5 Å². The van der Waals surface area contributed by atoms with Crippen molar-refractivity contribution in [1.82, 2.24) is 9.55 Å². The van der Waals surface area contributed by atoms with Gasteiger partial charge >= 0.3 is 0 Å². The van der Waals surface area contributed by atoms with Gasteiger partial charge in [0.25, 0.3) is 0 Å². The zero-order valence-electron chi connectivity index (χ0n) is 13.7. The number of nitrogens with one attached hydrogen (secondary N) is 1. The molecule has 4 nitrogen and oxygen atoms in total. The average molecular weight is 335 g/mol. The van der Waals surface area contributed by atoms with E-state index in [2.05, 4.69) is 28.7 Å². The maximum atomic E-state index is 12.9. The molecule has 0 atom stereocenters. The van der Waals surface area contributed by atoms with E-state index < -0.39 is 0 Å². The van der Waals surface area contributed by atoms with Crippen LogP contribution in [-0.4, -0.2) is 21.2 Å². The molecular weight excluding hydrogens is 313 g/mol. The van der Waals surface area contributed by atoms with Gasteiger partial charge in [0.05, 0.1) is 11.4 Å². The highest BCUT2D eigenvalue weighted by atomic mass is 32.2. The molecule has 2 rings (SSSR count). The van der Waals surface area contributed by atoms with Gasteiger partial charge < -0.3 is 9.88 Å². The molecule has 0 fully saturated rings. The molecular formula is C17H22FN3OS. The molecule has 0 saturated heterocycles. The lowest BCUT2D eigenvalue weighted by Crippen LogP contribution is -2.14. The van der Waals surface area contributed by atoms with Crippen LogP contribution in [0.3, 0.4) is 0 Å². The Morgan fingerprint density at radius 1 is 1.30 bits per heavy atom. The van der Waals surface area contributed by atoms with Crippen LogP contribution in [0.4, 0.5) is 10.1 Å². The van der Waals surface area contributed by atoms with Gasteiger partial charge in [0.2, 0.25) is 5.91 Å². The summed E-state index contributed by atoms with van der Waals surface area (Å²) < 4.78 is 15.0. The molecule has 124 valence electrons. The molecule has 0 aliphatic rings. The summed E-state index contributed by atoms with van der Waals surface area (Å²) in [4.78, 5) is 16.6. The summed E-state index contributed by atoms with van der Waals surface area (Å²) in [6, 6.07) is 5.75. The van der Waals surface area contributed by atoms with Crippen LogP contribution in [0.1, 0.15) is 31.2 Å². The SMILES string of the molecule is CCCCn1c(SCC(=O)Nc2ccc(F)cc2)nc(C)c1C. The lowest BCUT2D eigenvalue weighted by Gasteiger charge is -2.09. The average Bonchev–Trinajstić information content (AvgIpc) is 2.80.